The average Bonchev–Trinajstić information content (AvgIpc) is 3.01. The molecule has 1 heterocycles. The number of carbonyl (C=O) groups excluding carboxylic acids is 2. The first-order chi connectivity index (χ1) is 11.8. The lowest BCUT2D eigenvalue weighted by Crippen LogP contribution is -2.36. The van der Waals surface area contributed by atoms with E-state index in [1.54, 1.807) is 24.1 Å². The lowest BCUT2D eigenvalue weighted by atomic mass is 10.0. The third-order valence-electron chi connectivity index (χ3n) is 3.56. The average molecular weight is 349 g/mol. The molecule has 2 aromatic rings. The Morgan fingerprint density at radius 1 is 1.36 bits per heavy atom. The van der Waals surface area contributed by atoms with E-state index in [9.17, 15) is 18.4 Å². The highest BCUT2D eigenvalue weighted by molar-refractivity contribution is 5.94. The number of carbonyl (C=O) groups is 2. The van der Waals surface area contributed by atoms with Gasteiger partial charge in [-0.2, -0.15) is 5.10 Å². The molecule has 1 aromatic carbocycles. The van der Waals surface area contributed by atoms with Crippen molar-refractivity contribution in [2.24, 2.45) is 7.05 Å². The van der Waals surface area contributed by atoms with Gasteiger partial charge in [0.05, 0.1) is 13.3 Å². The number of aromatic nitrogens is 2. The fourth-order valence-corrected chi connectivity index (χ4v) is 2.27. The van der Waals surface area contributed by atoms with Gasteiger partial charge in [-0.05, 0) is 24.3 Å². The van der Waals surface area contributed by atoms with Crippen molar-refractivity contribution in [2.75, 3.05) is 14.2 Å². The monoisotopic (exact) mass is 349 g/mol. The lowest BCUT2D eigenvalue weighted by molar-refractivity contribution is -0.150. The number of hydrogen-bond acceptors (Lipinski definition) is 4. The van der Waals surface area contributed by atoms with E-state index in [-0.39, 0.29) is 5.56 Å². The Morgan fingerprint density at radius 2 is 2.08 bits per heavy atom. The van der Waals surface area contributed by atoms with Gasteiger partial charge in [-0.3, -0.25) is 9.48 Å². The number of aryl methyl sites for hydroxylation is 1. The van der Waals surface area contributed by atoms with E-state index < -0.39 is 29.6 Å². The predicted molar refractivity (Wildman–Crippen MR) is 86.1 cm³/mol. The molecular weight excluding hydrogens is 332 g/mol. The SMILES string of the molecule is COC(=O)[C@@H](c1cc(F)ccc1F)N(C)C(=O)/C=C\c1cnn(C)c1. The first kappa shape index (κ1) is 18.3. The molecule has 0 saturated heterocycles. The molecule has 1 atom stereocenters. The number of likely N-dealkylation sites (N-methyl/N-ethyl adjacent to an activating group) is 1. The van der Waals surface area contributed by atoms with Crippen molar-refractivity contribution in [2.45, 2.75) is 6.04 Å². The van der Waals surface area contributed by atoms with Crippen LogP contribution in [0.3, 0.4) is 0 Å². The van der Waals surface area contributed by atoms with Crippen molar-refractivity contribution in [1.82, 2.24) is 14.7 Å². The number of amides is 1. The second-order valence-electron chi connectivity index (χ2n) is 5.32. The van der Waals surface area contributed by atoms with Crippen LogP contribution in [-0.2, 0) is 21.4 Å². The van der Waals surface area contributed by atoms with Gasteiger partial charge in [0.1, 0.15) is 11.6 Å². The summed E-state index contributed by atoms with van der Waals surface area (Å²) in [6.07, 6.45) is 5.95. The second kappa shape index (κ2) is 7.69. The van der Waals surface area contributed by atoms with Gasteiger partial charge in [0.2, 0.25) is 5.91 Å². The van der Waals surface area contributed by atoms with Gasteiger partial charge in [0.25, 0.3) is 0 Å². The van der Waals surface area contributed by atoms with Gasteiger partial charge >= 0.3 is 5.97 Å². The Balaban J connectivity index is 2.30. The number of rotatable bonds is 5. The van der Waals surface area contributed by atoms with E-state index in [1.165, 1.54) is 19.2 Å². The molecule has 132 valence electrons. The van der Waals surface area contributed by atoms with E-state index in [4.69, 9.17) is 0 Å². The van der Waals surface area contributed by atoms with Crippen molar-refractivity contribution >= 4 is 18.0 Å². The molecule has 0 aliphatic heterocycles. The molecule has 0 bridgehead atoms. The zero-order chi connectivity index (χ0) is 18.6. The van der Waals surface area contributed by atoms with Crippen LogP contribution in [0.1, 0.15) is 17.2 Å². The maximum atomic E-state index is 14.1. The first-order valence-corrected chi connectivity index (χ1v) is 7.29. The van der Waals surface area contributed by atoms with Crippen molar-refractivity contribution in [3.05, 3.63) is 59.4 Å². The van der Waals surface area contributed by atoms with Crippen molar-refractivity contribution in [3.63, 3.8) is 0 Å². The van der Waals surface area contributed by atoms with Crippen molar-refractivity contribution in [1.29, 1.82) is 0 Å². The predicted octanol–water partition coefficient (Wildman–Crippen LogP) is 2.08. The van der Waals surface area contributed by atoms with E-state index in [0.29, 0.717) is 5.56 Å². The minimum Gasteiger partial charge on any atom is -0.467 e. The van der Waals surface area contributed by atoms with Crippen molar-refractivity contribution < 1.29 is 23.1 Å². The molecule has 0 N–H and O–H groups in total. The highest BCUT2D eigenvalue weighted by Crippen LogP contribution is 2.25. The minimum atomic E-state index is -1.41. The molecule has 25 heavy (non-hydrogen) atoms. The normalized spacial score (nSPS) is 12.2. The number of benzene rings is 1. The summed E-state index contributed by atoms with van der Waals surface area (Å²) in [5.41, 5.74) is 0.397. The summed E-state index contributed by atoms with van der Waals surface area (Å²) >= 11 is 0. The molecule has 0 radical (unpaired) electrons. The highest BCUT2D eigenvalue weighted by atomic mass is 19.1. The van der Waals surface area contributed by atoms with Crippen molar-refractivity contribution in [3.8, 4) is 0 Å². The van der Waals surface area contributed by atoms with E-state index in [0.717, 1.165) is 30.2 Å². The number of esters is 1. The number of methoxy groups -OCH3 is 1. The van der Waals surface area contributed by atoms with Gasteiger partial charge in [-0.1, -0.05) is 0 Å². The molecule has 0 fully saturated rings. The van der Waals surface area contributed by atoms with Gasteiger partial charge in [-0.25, -0.2) is 13.6 Å². The van der Waals surface area contributed by atoms with Crippen LogP contribution in [0.5, 0.6) is 0 Å². The topological polar surface area (TPSA) is 64.4 Å². The maximum Gasteiger partial charge on any atom is 0.333 e. The summed E-state index contributed by atoms with van der Waals surface area (Å²) in [5.74, 6) is -3.00. The molecule has 2 rings (SSSR count). The molecule has 0 saturated carbocycles. The van der Waals surface area contributed by atoms with Crippen LogP contribution < -0.4 is 0 Å². The van der Waals surface area contributed by atoms with Gasteiger partial charge in [0.15, 0.2) is 6.04 Å². The van der Waals surface area contributed by atoms with Gasteiger partial charge in [0, 0.05) is 37.5 Å². The molecule has 0 aliphatic rings. The van der Waals surface area contributed by atoms with Crippen LogP contribution in [0, 0.1) is 11.6 Å². The third kappa shape index (κ3) is 4.28. The van der Waals surface area contributed by atoms with Crippen LogP contribution in [0.25, 0.3) is 6.08 Å². The molecule has 8 heteroatoms. The van der Waals surface area contributed by atoms with E-state index in [2.05, 4.69) is 9.84 Å². The number of halogens is 2. The van der Waals surface area contributed by atoms with Crippen LogP contribution in [0.15, 0.2) is 36.7 Å². The summed E-state index contributed by atoms with van der Waals surface area (Å²) in [6, 6.07) is 1.28. The van der Waals surface area contributed by atoms with Crippen LogP contribution >= 0.6 is 0 Å². The summed E-state index contributed by atoms with van der Waals surface area (Å²) in [5, 5.41) is 3.96. The van der Waals surface area contributed by atoms with Crippen LogP contribution in [0.2, 0.25) is 0 Å². The third-order valence-corrected chi connectivity index (χ3v) is 3.56. The summed E-state index contributed by atoms with van der Waals surface area (Å²) in [6.45, 7) is 0. The standard InChI is InChI=1S/C17H17F2N3O3/c1-21-10-11(9-20-21)4-7-15(23)22(2)16(17(24)25-3)13-8-12(18)5-6-14(13)19/h4-10,16H,1-3H3/b7-4-/t16-/m1/s1. The molecule has 0 unspecified atom stereocenters. The number of hydrogen-bond donors (Lipinski definition) is 0. The Kier molecular flexibility index (Phi) is 5.63. The highest BCUT2D eigenvalue weighted by Gasteiger charge is 2.31. The molecule has 1 aromatic heterocycles. The smallest absolute Gasteiger partial charge is 0.333 e. The largest absolute Gasteiger partial charge is 0.467 e. The Labute approximate surface area is 143 Å². The Bertz CT molecular complexity index is 817. The molecular formula is C17H17F2N3O3. The molecule has 1 amide bonds. The first-order valence-electron chi connectivity index (χ1n) is 7.29. The Hall–Kier alpha value is -3.03. The summed E-state index contributed by atoms with van der Waals surface area (Å²) in [7, 11) is 4.14. The van der Waals surface area contributed by atoms with Gasteiger partial charge < -0.3 is 9.64 Å². The fourth-order valence-electron chi connectivity index (χ4n) is 2.27. The van der Waals surface area contributed by atoms with Crippen LogP contribution in [0.4, 0.5) is 8.78 Å². The number of nitrogens with zero attached hydrogens (tertiary/aromatic N) is 3. The minimum absolute atomic E-state index is 0.280. The maximum absolute atomic E-state index is 14.1. The summed E-state index contributed by atoms with van der Waals surface area (Å²) in [4.78, 5) is 25.4. The molecule has 0 spiro atoms. The fraction of sp³-hybridized carbons (Fsp3) is 0.235. The second-order valence-corrected chi connectivity index (χ2v) is 5.32. The molecule has 0 aliphatic carbocycles. The molecule has 6 nitrogen and oxygen atoms in total. The Morgan fingerprint density at radius 3 is 2.68 bits per heavy atom. The van der Waals surface area contributed by atoms with E-state index in [1.807, 2.05) is 0 Å². The zero-order valence-corrected chi connectivity index (χ0v) is 13.9. The number of ether oxygens (including phenoxy) is 1. The summed E-state index contributed by atoms with van der Waals surface area (Å²) < 4.78 is 33.7. The van der Waals surface area contributed by atoms with Gasteiger partial charge in [-0.15, -0.1) is 0 Å². The van der Waals surface area contributed by atoms with E-state index >= 15 is 0 Å². The van der Waals surface area contributed by atoms with Crippen LogP contribution in [-0.4, -0.2) is 40.7 Å². The lowest BCUT2D eigenvalue weighted by Gasteiger charge is -2.25. The quantitative estimate of drug-likeness (QED) is 0.612. The zero-order valence-electron chi connectivity index (χ0n) is 13.9.